The summed E-state index contributed by atoms with van der Waals surface area (Å²) >= 11 is 0. The number of rotatable bonds is 3. The van der Waals surface area contributed by atoms with Crippen LogP contribution in [0.3, 0.4) is 0 Å². The molecule has 1 heterocycles. The number of amides is 1. The second-order valence-corrected chi connectivity index (χ2v) is 8.34. The maximum Gasteiger partial charge on any atom is 0.494 e. The van der Waals surface area contributed by atoms with Gasteiger partial charge in [-0.05, 0) is 71.6 Å². The molecule has 0 bridgehead atoms. The molecule has 0 unspecified atom stereocenters. The van der Waals surface area contributed by atoms with Crippen molar-refractivity contribution in [3.8, 4) is 0 Å². The molecule has 1 N–H and O–H groups in total. The first-order valence-electron chi connectivity index (χ1n) is 8.41. The van der Waals surface area contributed by atoms with E-state index in [-0.39, 0.29) is 6.54 Å². The van der Waals surface area contributed by atoms with Crippen molar-refractivity contribution >= 4 is 18.7 Å². The highest BCUT2D eigenvalue weighted by Crippen LogP contribution is 2.36. The molecule has 138 valence electrons. The average molecular weight is 351 g/mol. The Bertz CT molecular complexity index is 639. The van der Waals surface area contributed by atoms with Gasteiger partial charge in [-0.2, -0.15) is 0 Å². The SMILES string of the molecule is CC(C)(C)OC(=O)NCc1cc(F)cc(B2OC(C)(C)C(C)(C)O2)c1. The number of halogens is 1. The zero-order chi connectivity index (χ0) is 19.0. The number of carbonyl (C=O) groups excluding carboxylic acids is 1. The predicted molar refractivity (Wildman–Crippen MR) is 95.2 cm³/mol. The minimum Gasteiger partial charge on any atom is -0.444 e. The van der Waals surface area contributed by atoms with Gasteiger partial charge in [-0.1, -0.05) is 6.07 Å². The summed E-state index contributed by atoms with van der Waals surface area (Å²) < 4.78 is 31.1. The zero-order valence-corrected chi connectivity index (χ0v) is 16.0. The Balaban J connectivity index is 2.10. The van der Waals surface area contributed by atoms with E-state index in [1.807, 2.05) is 27.7 Å². The molecule has 1 fully saturated rings. The van der Waals surface area contributed by atoms with Crippen molar-refractivity contribution in [2.24, 2.45) is 0 Å². The summed E-state index contributed by atoms with van der Waals surface area (Å²) in [5.41, 5.74) is -0.396. The summed E-state index contributed by atoms with van der Waals surface area (Å²) in [6, 6.07) is 4.52. The molecule has 0 saturated carbocycles. The fourth-order valence-electron chi connectivity index (χ4n) is 2.38. The Morgan fingerprint density at radius 1 is 1.16 bits per heavy atom. The Morgan fingerprint density at radius 2 is 1.72 bits per heavy atom. The number of alkyl carbamates (subject to hydrolysis) is 1. The fourth-order valence-corrected chi connectivity index (χ4v) is 2.38. The second-order valence-electron chi connectivity index (χ2n) is 8.34. The Kier molecular flexibility index (Phi) is 5.22. The Hall–Kier alpha value is -1.60. The molecule has 0 radical (unpaired) electrons. The Labute approximate surface area is 149 Å². The molecule has 0 aliphatic carbocycles. The van der Waals surface area contributed by atoms with Gasteiger partial charge in [-0.3, -0.25) is 0 Å². The maximum atomic E-state index is 14.0. The number of carbonyl (C=O) groups is 1. The molecule has 1 aliphatic heterocycles. The molecule has 1 saturated heterocycles. The van der Waals surface area contributed by atoms with E-state index in [2.05, 4.69) is 5.32 Å². The average Bonchev–Trinajstić information content (AvgIpc) is 2.63. The van der Waals surface area contributed by atoms with E-state index in [0.29, 0.717) is 11.0 Å². The lowest BCUT2D eigenvalue weighted by molar-refractivity contribution is 0.00578. The van der Waals surface area contributed by atoms with E-state index in [1.165, 1.54) is 12.1 Å². The third-order valence-electron chi connectivity index (χ3n) is 4.34. The third kappa shape index (κ3) is 4.95. The van der Waals surface area contributed by atoms with Crippen LogP contribution in [-0.4, -0.2) is 30.0 Å². The molecule has 25 heavy (non-hydrogen) atoms. The highest BCUT2D eigenvalue weighted by atomic mass is 19.1. The number of nitrogens with one attached hydrogen (secondary N) is 1. The van der Waals surface area contributed by atoms with Gasteiger partial charge in [0, 0.05) is 6.54 Å². The van der Waals surface area contributed by atoms with Crippen LogP contribution in [0.15, 0.2) is 18.2 Å². The van der Waals surface area contributed by atoms with Crippen LogP contribution in [-0.2, 0) is 20.6 Å². The van der Waals surface area contributed by atoms with Gasteiger partial charge in [0.15, 0.2) is 0 Å². The lowest BCUT2D eigenvalue weighted by Gasteiger charge is -2.32. The van der Waals surface area contributed by atoms with Crippen molar-refractivity contribution in [2.75, 3.05) is 0 Å². The van der Waals surface area contributed by atoms with Crippen LogP contribution in [0, 0.1) is 5.82 Å². The van der Waals surface area contributed by atoms with E-state index >= 15 is 0 Å². The summed E-state index contributed by atoms with van der Waals surface area (Å²) in [6.07, 6.45) is -0.547. The second kappa shape index (κ2) is 6.61. The van der Waals surface area contributed by atoms with Crippen molar-refractivity contribution in [2.45, 2.75) is 71.8 Å². The molecular formula is C18H27BFNO4. The number of hydrogen-bond acceptors (Lipinski definition) is 4. The molecule has 2 rings (SSSR count). The number of ether oxygens (including phenoxy) is 1. The van der Waals surface area contributed by atoms with Gasteiger partial charge in [-0.15, -0.1) is 0 Å². The van der Waals surface area contributed by atoms with Crippen LogP contribution in [0.1, 0.15) is 54.0 Å². The molecule has 0 spiro atoms. The van der Waals surface area contributed by atoms with Crippen molar-refractivity contribution in [1.82, 2.24) is 5.32 Å². The standard InChI is InChI=1S/C18H27BFNO4/c1-16(2,3)23-15(22)21-11-12-8-13(10-14(20)9-12)19-24-17(4,5)18(6,7)25-19/h8-10H,11H2,1-7H3,(H,21,22). The van der Waals surface area contributed by atoms with E-state index < -0.39 is 35.8 Å². The minimum atomic E-state index is -0.652. The first-order valence-corrected chi connectivity index (χ1v) is 8.41. The summed E-state index contributed by atoms with van der Waals surface area (Å²) in [5.74, 6) is -0.409. The van der Waals surface area contributed by atoms with Crippen LogP contribution >= 0.6 is 0 Å². The highest BCUT2D eigenvalue weighted by molar-refractivity contribution is 6.62. The molecule has 1 amide bonds. The van der Waals surface area contributed by atoms with E-state index in [0.717, 1.165) is 0 Å². The van der Waals surface area contributed by atoms with Crippen molar-refractivity contribution in [3.05, 3.63) is 29.6 Å². The number of benzene rings is 1. The Morgan fingerprint density at radius 3 is 2.24 bits per heavy atom. The zero-order valence-electron chi connectivity index (χ0n) is 16.0. The van der Waals surface area contributed by atoms with Gasteiger partial charge in [0.05, 0.1) is 11.2 Å². The van der Waals surface area contributed by atoms with E-state index in [9.17, 15) is 9.18 Å². The summed E-state index contributed by atoms with van der Waals surface area (Å²) in [4.78, 5) is 11.8. The van der Waals surface area contributed by atoms with Crippen LogP contribution in [0.2, 0.25) is 0 Å². The molecule has 5 nitrogen and oxygen atoms in total. The molecular weight excluding hydrogens is 324 g/mol. The predicted octanol–water partition coefficient (Wildman–Crippen LogP) is 3.15. The molecule has 0 atom stereocenters. The van der Waals surface area contributed by atoms with Gasteiger partial charge >= 0.3 is 13.2 Å². The normalized spacial score (nSPS) is 19.0. The van der Waals surface area contributed by atoms with Gasteiger partial charge in [0.2, 0.25) is 0 Å². The van der Waals surface area contributed by atoms with Crippen LogP contribution in [0.4, 0.5) is 9.18 Å². The topological polar surface area (TPSA) is 56.8 Å². The lowest BCUT2D eigenvalue weighted by atomic mass is 9.78. The van der Waals surface area contributed by atoms with E-state index in [1.54, 1.807) is 26.8 Å². The van der Waals surface area contributed by atoms with Gasteiger partial charge in [0.25, 0.3) is 0 Å². The fraction of sp³-hybridized carbons (Fsp3) is 0.611. The molecule has 1 aliphatic rings. The maximum absolute atomic E-state index is 14.0. The quantitative estimate of drug-likeness (QED) is 0.850. The van der Waals surface area contributed by atoms with Crippen molar-refractivity contribution in [1.29, 1.82) is 0 Å². The first kappa shape index (κ1) is 19.7. The third-order valence-corrected chi connectivity index (χ3v) is 4.34. The van der Waals surface area contributed by atoms with Crippen molar-refractivity contribution < 1.29 is 23.2 Å². The van der Waals surface area contributed by atoms with Crippen LogP contribution < -0.4 is 10.8 Å². The summed E-state index contributed by atoms with van der Waals surface area (Å²) in [6.45, 7) is 13.3. The first-order chi connectivity index (χ1) is 11.3. The monoisotopic (exact) mass is 351 g/mol. The summed E-state index contributed by atoms with van der Waals surface area (Å²) in [5, 5.41) is 2.62. The molecule has 7 heteroatoms. The van der Waals surface area contributed by atoms with Gasteiger partial charge < -0.3 is 19.4 Å². The van der Waals surface area contributed by atoms with Crippen molar-refractivity contribution in [3.63, 3.8) is 0 Å². The highest BCUT2D eigenvalue weighted by Gasteiger charge is 2.51. The smallest absolute Gasteiger partial charge is 0.444 e. The van der Waals surface area contributed by atoms with Gasteiger partial charge in [-0.25, -0.2) is 9.18 Å². The molecule has 1 aromatic rings. The lowest BCUT2D eigenvalue weighted by Crippen LogP contribution is -2.41. The minimum absolute atomic E-state index is 0.152. The van der Waals surface area contributed by atoms with Gasteiger partial charge in [0.1, 0.15) is 11.4 Å². The summed E-state index contributed by atoms with van der Waals surface area (Å²) in [7, 11) is -0.652. The molecule has 1 aromatic carbocycles. The van der Waals surface area contributed by atoms with Crippen LogP contribution in [0.5, 0.6) is 0 Å². The number of hydrogen-bond donors (Lipinski definition) is 1. The largest absolute Gasteiger partial charge is 0.494 e. The van der Waals surface area contributed by atoms with E-state index in [4.69, 9.17) is 14.0 Å². The van der Waals surface area contributed by atoms with Crippen LogP contribution in [0.25, 0.3) is 0 Å². The molecule has 0 aromatic heterocycles.